The third-order valence-corrected chi connectivity index (χ3v) is 4.45. The highest BCUT2D eigenvalue weighted by Gasteiger charge is 2.34. The third kappa shape index (κ3) is 3.49. The van der Waals surface area contributed by atoms with E-state index in [1.807, 2.05) is 6.07 Å². The summed E-state index contributed by atoms with van der Waals surface area (Å²) in [6.45, 7) is 7.20. The van der Waals surface area contributed by atoms with E-state index in [2.05, 4.69) is 19.2 Å². The fourth-order valence-electron chi connectivity index (χ4n) is 2.69. The van der Waals surface area contributed by atoms with E-state index in [4.69, 9.17) is 11.6 Å². The molecule has 0 spiro atoms. The minimum atomic E-state index is -0.220. The molecule has 0 amide bonds. The molecule has 106 valence electrons. The van der Waals surface area contributed by atoms with Crippen molar-refractivity contribution < 1.29 is 4.39 Å². The van der Waals surface area contributed by atoms with Gasteiger partial charge >= 0.3 is 0 Å². The Morgan fingerprint density at radius 2 is 2.11 bits per heavy atom. The molecule has 3 heteroatoms. The summed E-state index contributed by atoms with van der Waals surface area (Å²) in [6.07, 6.45) is 3.71. The molecule has 19 heavy (non-hydrogen) atoms. The molecular formula is C16H23ClFN. The van der Waals surface area contributed by atoms with Crippen LogP contribution in [0.3, 0.4) is 0 Å². The Balaban J connectivity index is 2.28. The van der Waals surface area contributed by atoms with Gasteiger partial charge in [0.15, 0.2) is 0 Å². The van der Waals surface area contributed by atoms with Crippen molar-refractivity contribution in [3.63, 3.8) is 0 Å². The zero-order valence-electron chi connectivity index (χ0n) is 12.0. The molecule has 0 aliphatic heterocycles. The zero-order valence-corrected chi connectivity index (χ0v) is 12.7. The molecule has 1 nitrogen and oxygen atoms in total. The van der Waals surface area contributed by atoms with Gasteiger partial charge < -0.3 is 5.32 Å². The molecule has 0 heterocycles. The molecule has 0 aromatic heterocycles. The first kappa shape index (κ1) is 14.8. The van der Waals surface area contributed by atoms with Crippen LogP contribution in [0.15, 0.2) is 12.1 Å². The average molecular weight is 284 g/mol. The lowest BCUT2D eigenvalue weighted by Crippen LogP contribution is -2.29. The van der Waals surface area contributed by atoms with Crippen LogP contribution in [-0.2, 0) is 0 Å². The van der Waals surface area contributed by atoms with E-state index in [0.717, 1.165) is 24.4 Å². The molecule has 1 aromatic rings. The van der Waals surface area contributed by atoms with Crippen LogP contribution in [0.25, 0.3) is 0 Å². The highest BCUT2D eigenvalue weighted by atomic mass is 35.5. The first-order valence-electron chi connectivity index (χ1n) is 7.23. The summed E-state index contributed by atoms with van der Waals surface area (Å²) in [4.78, 5) is 0. The third-order valence-electron chi connectivity index (χ3n) is 4.12. The zero-order chi connectivity index (χ0) is 14.0. The number of halogens is 2. The normalized spacial score (nSPS) is 18.4. The monoisotopic (exact) mass is 283 g/mol. The van der Waals surface area contributed by atoms with E-state index in [1.165, 1.54) is 18.9 Å². The number of nitrogens with one attached hydrogen (secondary N) is 1. The Morgan fingerprint density at radius 1 is 1.42 bits per heavy atom. The van der Waals surface area contributed by atoms with Crippen LogP contribution in [0.5, 0.6) is 0 Å². The van der Waals surface area contributed by atoms with Crippen LogP contribution >= 0.6 is 11.6 Å². The number of hydrogen-bond donors (Lipinski definition) is 1. The fraction of sp³-hybridized carbons (Fsp3) is 0.625. The van der Waals surface area contributed by atoms with Gasteiger partial charge in [-0.1, -0.05) is 31.5 Å². The molecule has 2 unspecified atom stereocenters. The molecule has 1 N–H and O–H groups in total. The molecule has 1 fully saturated rings. The fourth-order valence-corrected chi connectivity index (χ4v) is 2.96. The Kier molecular flexibility index (Phi) is 4.86. The Morgan fingerprint density at radius 3 is 2.68 bits per heavy atom. The van der Waals surface area contributed by atoms with Crippen LogP contribution in [0.1, 0.15) is 50.3 Å². The van der Waals surface area contributed by atoms with Gasteiger partial charge in [-0.2, -0.15) is 0 Å². The second-order valence-corrected chi connectivity index (χ2v) is 6.16. The maximum Gasteiger partial charge on any atom is 0.127 e. The van der Waals surface area contributed by atoms with Gasteiger partial charge in [0.1, 0.15) is 5.82 Å². The van der Waals surface area contributed by atoms with Gasteiger partial charge in [-0.3, -0.25) is 0 Å². The summed E-state index contributed by atoms with van der Waals surface area (Å²) in [5.41, 5.74) is 1.72. The maximum absolute atomic E-state index is 13.5. The highest BCUT2D eigenvalue weighted by Crippen LogP contribution is 2.44. The van der Waals surface area contributed by atoms with Crippen molar-refractivity contribution in [2.24, 2.45) is 11.8 Å². The van der Waals surface area contributed by atoms with E-state index in [1.54, 1.807) is 6.92 Å². The lowest BCUT2D eigenvalue weighted by Gasteiger charge is -2.27. The molecule has 2 rings (SSSR count). The predicted molar refractivity (Wildman–Crippen MR) is 79.1 cm³/mol. The molecule has 1 saturated carbocycles. The summed E-state index contributed by atoms with van der Waals surface area (Å²) in [7, 11) is 0. The largest absolute Gasteiger partial charge is 0.310 e. The minimum absolute atomic E-state index is 0.220. The second-order valence-electron chi connectivity index (χ2n) is 5.75. The first-order valence-corrected chi connectivity index (χ1v) is 7.61. The van der Waals surface area contributed by atoms with Crippen molar-refractivity contribution in [3.05, 3.63) is 34.1 Å². The van der Waals surface area contributed by atoms with E-state index >= 15 is 0 Å². The first-order chi connectivity index (χ1) is 9.04. The summed E-state index contributed by atoms with van der Waals surface area (Å²) in [5.74, 6) is 1.12. The van der Waals surface area contributed by atoms with E-state index in [9.17, 15) is 4.39 Å². The van der Waals surface area contributed by atoms with Gasteiger partial charge in [0.05, 0.1) is 0 Å². The quantitative estimate of drug-likeness (QED) is 0.785. The van der Waals surface area contributed by atoms with Gasteiger partial charge in [0.25, 0.3) is 0 Å². The van der Waals surface area contributed by atoms with Crippen LogP contribution in [-0.4, -0.2) is 6.54 Å². The summed E-state index contributed by atoms with van der Waals surface area (Å²) >= 11 is 6.26. The molecule has 1 aromatic carbocycles. The average Bonchev–Trinajstić information content (AvgIpc) is 3.19. The Labute approximate surface area is 120 Å². The highest BCUT2D eigenvalue weighted by molar-refractivity contribution is 6.31. The van der Waals surface area contributed by atoms with Gasteiger partial charge in [0.2, 0.25) is 0 Å². The predicted octanol–water partition coefficient (Wildman–Crippen LogP) is 4.87. The topological polar surface area (TPSA) is 12.0 Å². The van der Waals surface area contributed by atoms with Crippen LogP contribution in [0.4, 0.5) is 4.39 Å². The molecule has 1 aliphatic carbocycles. The summed E-state index contributed by atoms with van der Waals surface area (Å²) in [6, 6.07) is 3.59. The minimum Gasteiger partial charge on any atom is -0.310 e. The van der Waals surface area contributed by atoms with Crippen LogP contribution in [0.2, 0.25) is 5.02 Å². The van der Waals surface area contributed by atoms with Crippen LogP contribution in [0, 0.1) is 24.6 Å². The van der Waals surface area contributed by atoms with Crippen molar-refractivity contribution in [2.75, 3.05) is 6.54 Å². The van der Waals surface area contributed by atoms with E-state index in [-0.39, 0.29) is 11.9 Å². The van der Waals surface area contributed by atoms with Crippen molar-refractivity contribution in [1.82, 2.24) is 5.32 Å². The van der Waals surface area contributed by atoms with Crippen molar-refractivity contribution >= 4 is 11.6 Å². The Bertz CT molecular complexity index is 443. The lowest BCUT2D eigenvalue weighted by molar-refractivity contribution is 0.349. The number of aryl methyl sites for hydroxylation is 1. The lowest BCUT2D eigenvalue weighted by atomic mass is 9.89. The standard InChI is InChI=1S/C16H23ClFN/c1-4-7-19-16(11(3)12-5-6-12)13-8-10(2)15(18)9-14(13)17/h8-9,11-12,16,19H,4-7H2,1-3H3. The van der Waals surface area contributed by atoms with E-state index in [0.29, 0.717) is 16.5 Å². The van der Waals surface area contributed by atoms with Crippen molar-refractivity contribution in [2.45, 2.75) is 46.1 Å². The van der Waals surface area contributed by atoms with Crippen molar-refractivity contribution in [3.8, 4) is 0 Å². The second kappa shape index (κ2) is 6.23. The van der Waals surface area contributed by atoms with Gasteiger partial charge in [-0.25, -0.2) is 4.39 Å². The van der Waals surface area contributed by atoms with Gasteiger partial charge in [0, 0.05) is 11.1 Å². The Hall–Kier alpha value is -0.600. The summed E-state index contributed by atoms with van der Waals surface area (Å²) in [5, 5.41) is 4.13. The molecule has 0 bridgehead atoms. The number of rotatable bonds is 6. The maximum atomic E-state index is 13.5. The molecule has 1 aliphatic rings. The number of benzene rings is 1. The summed E-state index contributed by atoms with van der Waals surface area (Å²) < 4.78 is 13.5. The molecule has 0 saturated heterocycles. The van der Waals surface area contributed by atoms with Crippen LogP contribution < -0.4 is 5.32 Å². The van der Waals surface area contributed by atoms with E-state index < -0.39 is 0 Å². The smallest absolute Gasteiger partial charge is 0.127 e. The SMILES string of the molecule is CCCNC(c1cc(C)c(F)cc1Cl)C(C)C1CC1. The number of hydrogen-bond acceptors (Lipinski definition) is 1. The molecular weight excluding hydrogens is 261 g/mol. The van der Waals surface area contributed by atoms with Crippen molar-refractivity contribution in [1.29, 1.82) is 0 Å². The molecule has 2 atom stereocenters. The molecule has 0 radical (unpaired) electrons. The van der Waals surface area contributed by atoms with Gasteiger partial charge in [-0.05, 0) is 61.8 Å². The van der Waals surface area contributed by atoms with Gasteiger partial charge in [-0.15, -0.1) is 0 Å².